The summed E-state index contributed by atoms with van der Waals surface area (Å²) >= 11 is 0. The number of halogens is 1. The van der Waals surface area contributed by atoms with E-state index in [0.717, 1.165) is 12.0 Å². The molecular formula is C24H19FN2O3. The zero-order chi connectivity index (χ0) is 21.3. The van der Waals surface area contributed by atoms with E-state index in [4.69, 9.17) is 0 Å². The molecule has 2 aromatic carbocycles. The molecule has 1 N–H and O–H groups in total. The van der Waals surface area contributed by atoms with Crippen molar-refractivity contribution in [2.24, 2.45) is 0 Å². The fourth-order valence-electron chi connectivity index (χ4n) is 3.61. The predicted octanol–water partition coefficient (Wildman–Crippen LogP) is 4.41. The molecule has 1 amide bonds. The summed E-state index contributed by atoms with van der Waals surface area (Å²) < 4.78 is 13.3. The lowest BCUT2D eigenvalue weighted by atomic mass is 9.96. The summed E-state index contributed by atoms with van der Waals surface area (Å²) in [5.41, 5.74) is 2.42. The van der Waals surface area contributed by atoms with Crippen LogP contribution in [0.5, 0.6) is 0 Å². The summed E-state index contributed by atoms with van der Waals surface area (Å²) in [4.78, 5) is 31.4. The molecule has 1 atom stereocenters. The molecule has 4 rings (SSSR count). The number of amides is 1. The van der Waals surface area contributed by atoms with Crippen molar-refractivity contribution in [2.45, 2.75) is 19.4 Å². The monoisotopic (exact) mass is 402 g/mol. The molecule has 1 aliphatic heterocycles. The van der Waals surface area contributed by atoms with Crippen LogP contribution in [0.2, 0.25) is 0 Å². The minimum Gasteiger partial charge on any atom is -0.507 e. The van der Waals surface area contributed by atoms with Gasteiger partial charge in [0.05, 0.1) is 11.6 Å². The van der Waals surface area contributed by atoms with Crippen LogP contribution in [0.3, 0.4) is 0 Å². The third kappa shape index (κ3) is 3.37. The fraction of sp³-hybridized carbons (Fsp3) is 0.125. The van der Waals surface area contributed by atoms with Crippen LogP contribution in [-0.2, 0) is 16.0 Å². The predicted molar refractivity (Wildman–Crippen MR) is 111 cm³/mol. The lowest BCUT2D eigenvalue weighted by molar-refractivity contribution is -0.132. The van der Waals surface area contributed by atoms with Crippen LogP contribution in [0.15, 0.2) is 78.6 Å². The number of carbonyl (C=O) groups excluding carboxylic acids is 2. The molecule has 150 valence electrons. The topological polar surface area (TPSA) is 70.5 Å². The smallest absolute Gasteiger partial charge is 0.300 e. The van der Waals surface area contributed by atoms with Gasteiger partial charge in [0.25, 0.3) is 11.7 Å². The van der Waals surface area contributed by atoms with Gasteiger partial charge in [0.2, 0.25) is 0 Å². The standard InChI is InChI=1S/C24H19FN2O3/c1-2-15-5-11-19(12-6-15)27-21(17-4-3-13-26-14-17)20(23(29)24(27)30)22(28)16-7-9-18(25)10-8-16/h3-14,21,28H,2H2,1H3/b22-20-. The molecule has 0 bridgehead atoms. The van der Waals surface area contributed by atoms with Crippen LogP contribution < -0.4 is 4.90 Å². The van der Waals surface area contributed by atoms with E-state index in [1.807, 2.05) is 19.1 Å². The maximum Gasteiger partial charge on any atom is 0.300 e. The molecule has 3 aromatic rings. The quantitative estimate of drug-likeness (QED) is 0.399. The van der Waals surface area contributed by atoms with Gasteiger partial charge in [-0.2, -0.15) is 0 Å². The molecule has 0 aliphatic carbocycles. The van der Waals surface area contributed by atoms with Gasteiger partial charge in [-0.1, -0.05) is 25.1 Å². The van der Waals surface area contributed by atoms with Crippen molar-refractivity contribution in [2.75, 3.05) is 4.90 Å². The number of rotatable bonds is 4. The van der Waals surface area contributed by atoms with Gasteiger partial charge >= 0.3 is 0 Å². The van der Waals surface area contributed by atoms with E-state index < -0.39 is 23.5 Å². The first-order valence-corrected chi connectivity index (χ1v) is 9.57. The molecular weight excluding hydrogens is 383 g/mol. The van der Waals surface area contributed by atoms with E-state index in [1.54, 1.807) is 36.7 Å². The second-order valence-electron chi connectivity index (χ2n) is 6.98. The molecule has 2 heterocycles. The number of benzene rings is 2. The Morgan fingerprint density at radius 3 is 2.37 bits per heavy atom. The Bertz CT molecular complexity index is 1120. The van der Waals surface area contributed by atoms with E-state index in [2.05, 4.69) is 4.98 Å². The van der Waals surface area contributed by atoms with Crippen molar-refractivity contribution < 1.29 is 19.1 Å². The number of aliphatic hydroxyl groups is 1. The van der Waals surface area contributed by atoms with Crippen molar-refractivity contribution in [1.82, 2.24) is 4.98 Å². The maximum absolute atomic E-state index is 13.3. The molecule has 6 heteroatoms. The average Bonchev–Trinajstić information content (AvgIpc) is 3.05. The van der Waals surface area contributed by atoms with Crippen molar-refractivity contribution in [1.29, 1.82) is 0 Å². The third-order valence-electron chi connectivity index (χ3n) is 5.18. The molecule has 0 radical (unpaired) electrons. The van der Waals surface area contributed by atoms with E-state index in [9.17, 15) is 19.1 Å². The summed E-state index contributed by atoms with van der Waals surface area (Å²) in [6, 6.07) is 15.1. The molecule has 0 saturated carbocycles. The van der Waals surface area contributed by atoms with Crippen LogP contribution in [0.25, 0.3) is 5.76 Å². The summed E-state index contributed by atoms with van der Waals surface area (Å²) in [6.45, 7) is 2.03. The number of hydrogen-bond acceptors (Lipinski definition) is 4. The fourth-order valence-corrected chi connectivity index (χ4v) is 3.61. The SMILES string of the molecule is CCc1ccc(N2C(=O)C(=O)/C(=C(\O)c3ccc(F)cc3)C2c2cccnc2)cc1. The summed E-state index contributed by atoms with van der Waals surface area (Å²) in [6.07, 6.45) is 3.99. The van der Waals surface area contributed by atoms with E-state index in [-0.39, 0.29) is 16.9 Å². The number of aliphatic hydroxyl groups excluding tert-OH is 1. The minimum atomic E-state index is -0.851. The molecule has 5 nitrogen and oxygen atoms in total. The highest BCUT2D eigenvalue weighted by atomic mass is 19.1. The van der Waals surface area contributed by atoms with E-state index >= 15 is 0 Å². The van der Waals surface area contributed by atoms with Crippen molar-refractivity contribution >= 4 is 23.1 Å². The van der Waals surface area contributed by atoms with Gasteiger partial charge in [-0.3, -0.25) is 19.5 Å². The number of aromatic nitrogens is 1. The van der Waals surface area contributed by atoms with Gasteiger partial charge < -0.3 is 5.11 Å². The first kappa shape index (κ1) is 19.5. The highest BCUT2D eigenvalue weighted by molar-refractivity contribution is 6.51. The number of hydrogen-bond donors (Lipinski definition) is 1. The van der Waals surface area contributed by atoms with Gasteiger partial charge in [-0.25, -0.2) is 4.39 Å². The zero-order valence-corrected chi connectivity index (χ0v) is 16.2. The number of anilines is 1. The number of Topliss-reactive ketones (excluding diaryl/α,β-unsaturated/α-hetero) is 1. The van der Waals surface area contributed by atoms with E-state index in [1.165, 1.54) is 29.2 Å². The highest BCUT2D eigenvalue weighted by Gasteiger charge is 2.47. The van der Waals surface area contributed by atoms with E-state index in [0.29, 0.717) is 11.3 Å². The lowest BCUT2D eigenvalue weighted by Gasteiger charge is -2.25. The molecule has 1 unspecified atom stereocenters. The van der Waals surface area contributed by atoms with Crippen LogP contribution in [0.1, 0.15) is 29.7 Å². The maximum atomic E-state index is 13.3. The van der Waals surface area contributed by atoms with Gasteiger partial charge in [-0.15, -0.1) is 0 Å². The largest absolute Gasteiger partial charge is 0.507 e. The van der Waals surface area contributed by atoms with Crippen molar-refractivity contribution in [3.8, 4) is 0 Å². The molecule has 1 saturated heterocycles. The Morgan fingerprint density at radius 2 is 1.77 bits per heavy atom. The number of aryl methyl sites for hydroxylation is 1. The third-order valence-corrected chi connectivity index (χ3v) is 5.18. The van der Waals surface area contributed by atoms with Gasteiger partial charge in [0.1, 0.15) is 11.6 Å². The zero-order valence-electron chi connectivity index (χ0n) is 16.2. The summed E-state index contributed by atoms with van der Waals surface area (Å²) in [5.74, 6) is -2.36. The number of pyridine rings is 1. The molecule has 1 aliphatic rings. The number of carbonyl (C=O) groups is 2. The Labute approximate surface area is 173 Å². The van der Waals surface area contributed by atoms with Gasteiger partial charge in [0.15, 0.2) is 0 Å². The average molecular weight is 402 g/mol. The molecule has 30 heavy (non-hydrogen) atoms. The van der Waals surface area contributed by atoms with Crippen LogP contribution in [0.4, 0.5) is 10.1 Å². The lowest BCUT2D eigenvalue weighted by Crippen LogP contribution is -2.29. The Hall–Kier alpha value is -3.80. The van der Waals surface area contributed by atoms with Crippen molar-refractivity contribution in [3.05, 3.63) is 101 Å². The Morgan fingerprint density at radius 1 is 1.07 bits per heavy atom. The van der Waals surface area contributed by atoms with Crippen LogP contribution in [0, 0.1) is 5.82 Å². The second kappa shape index (κ2) is 7.91. The molecule has 1 fully saturated rings. The van der Waals surface area contributed by atoms with Crippen LogP contribution >= 0.6 is 0 Å². The summed E-state index contributed by atoms with van der Waals surface area (Å²) in [5, 5.41) is 10.9. The normalized spacial score (nSPS) is 18.1. The second-order valence-corrected chi connectivity index (χ2v) is 6.98. The first-order chi connectivity index (χ1) is 14.5. The Kier molecular flexibility index (Phi) is 5.14. The molecule has 0 spiro atoms. The van der Waals surface area contributed by atoms with Gasteiger partial charge in [-0.05, 0) is 60.0 Å². The van der Waals surface area contributed by atoms with Gasteiger partial charge in [0, 0.05) is 23.6 Å². The number of nitrogens with zero attached hydrogens (tertiary/aromatic N) is 2. The van der Waals surface area contributed by atoms with Crippen molar-refractivity contribution in [3.63, 3.8) is 0 Å². The first-order valence-electron chi connectivity index (χ1n) is 9.57. The minimum absolute atomic E-state index is 0.0563. The van der Waals surface area contributed by atoms with Crippen LogP contribution in [-0.4, -0.2) is 21.8 Å². The highest BCUT2D eigenvalue weighted by Crippen LogP contribution is 2.41. The number of ketones is 1. The Balaban J connectivity index is 1.90. The summed E-state index contributed by atoms with van der Waals surface area (Å²) in [7, 11) is 0. The molecule has 1 aromatic heterocycles.